The van der Waals surface area contributed by atoms with Crippen molar-refractivity contribution < 1.29 is 18.3 Å². The Morgan fingerprint density at radius 3 is 2.62 bits per heavy atom. The zero-order valence-corrected chi connectivity index (χ0v) is 12.7. The van der Waals surface area contributed by atoms with Crippen LogP contribution in [0.15, 0.2) is 12.3 Å². The second-order valence-corrected chi connectivity index (χ2v) is 5.83. The number of H-pyrrole nitrogens is 1. The fraction of sp³-hybridized carbons (Fsp3) is 0.692. The third-order valence-corrected chi connectivity index (χ3v) is 2.55. The molecule has 0 bridgehead atoms. The van der Waals surface area contributed by atoms with Crippen LogP contribution in [0.2, 0.25) is 0 Å². The molecule has 0 radical (unpaired) electrons. The summed E-state index contributed by atoms with van der Waals surface area (Å²) in [4.78, 5) is 11.3. The summed E-state index contributed by atoms with van der Waals surface area (Å²) in [6.07, 6.45) is 0.694. The number of carbonyl (C=O) groups excluding carboxylic acids is 1. The molecule has 21 heavy (non-hydrogen) atoms. The first-order chi connectivity index (χ1) is 9.59. The predicted molar refractivity (Wildman–Crippen MR) is 74.2 cm³/mol. The van der Waals surface area contributed by atoms with E-state index in [4.69, 9.17) is 4.74 Å². The van der Waals surface area contributed by atoms with Crippen molar-refractivity contribution in [1.29, 1.82) is 0 Å². The van der Waals surface area contributed by atoms with Gasteiger partial charge in [0.25, 0.3) is 5.92 Å². The Hall–Kier alpha value is -1.70. The fourth-order valence-electron chi connectivity index (χ4n) is 1.50. The maximum Gasteiger partial charge on any atom is 0.407 e. The molecule has 1 unspecified atom stereocenters. The number of nitrogens with zero attached hydrogens (tertiary/aromatic N) is 1. The number of alkyl halides is 2. The molecule has 8 heteroatoms. The van der Waals surface area contributed by atoms with Gasteiger partial charge in [0.05, 0.1) is 18.8 Å². The fourth-order valence-corrected chi connectivity index (χ4v) is 1.50. The molecule has 0 aromatic carbocycles. The average molecular weight is 304 g/mol. The van der Waals surface area contributed by atoms with Gasteiger partial charge in [0.1, 0.15) is 5.60 Å². The summed E-state index contributed by atoms with van der Waals surface area (Å²) in [5.41, 5.74) is -0.00173. The van der Waals surface area contributed by atoms with Crippen molar-refractivity contribution in [2.24, 2.45) is 0 Å². The number of nitrogens with one attached hydrogen (secondary N) is 3. The minimum absolute atomic E-state index is 0.292. The number of alkyl carbamates (subject to hydrolysis) is 1. The van der Waals surface area contributed by atoms with Crippen LogP contribution in [0.1, 0.15) is 39.4 Å². The van der Waals surface area contributed by atoms with Crippen molar-refractivity contribution in [3.8, 4) is 0 Å². The highest BCUT2D eigenvalue weighted by molar-refractivity contribution is 5.67. The van der Waals surface area contributed by atoms with Gasteiger partial charge >= 0.3 is 6.09 Å². The van der Waals surface area contributed by atoms with Gasteiger partial charge in [-0.2, -0.15) is 5.10 Å². The first-order valence-electron chi connectivity index (χ1n) is 6.66. The largest absolute Gasteiger partial charge is 0.444 e. The quantitative estimate of drug-likeness (QED) is 0.753. The maximum absolute atomic E-state index is 13.7. The molecule has 0 aliphatic heterocycles. The number of amides is 1. The van der Waals surface area contributed by atoms with Gasteiger partial charge in [0, 0.05) is 12.2 Å². The van der Waals surface area contributed by atoms with Crippen molar-refractivity contribution in [2.45, 2.75) is 45.3 Å². The van der Waals surface area contributed by atoms with Crippen molar-refractivity contribution in [1.82, 2.24) is 20.8 Å². The Balaban J connectivity index is 2.35. The van der Waals surface area contributed by atoms with Gasteiger partial charge < -0.3 is 15.4 Å². The number of hydrogen-bond donors (Lipinski definition) is 3. The Morgan fingerprint density at radius 1 is 1.43 bits per heavy atom. The Labute approximate surface area is 122 Å². The Kier molecular flexibility index (Phi) is 5.65. The number of rotatable bonds is 6. The third-order valence-electron chi connectivity index (χ3n) is 2.55. The van der Waals surface area contributed by atoms with E-state index in [0.29, 0.717) is 5.69 Å². The molecular formula is C13H22F2N4O2. The Bertz CT molecular complexity index is 444. The van der Waals surface area contributed by atoms with Gasteiger partial charge in [-0.25, -0.2) is 13.6 Å². The van der Waals surface area contributed by atoms with Gasteiger partial charge in [0.15, 0.2) is 0 Å². The van der Waals surface area contributed by atoms with Crippen LogP contribution in [-0.2, 0) is 4.74 Å². The lowest BCUT2D eigenvalue weighted by Gasteiger charge is -2.23. The molecule has 1 heterocycles. The van der Waals surface area contributed by atoms with E-state index in [0.717, 1.165) is 0 Å². The van der Waals surface area contributed by atoms with Crippen LogP contribution in [0.3, 0.4) is 0 Å². The predicted octanol–water partition coefficient (Wildman–Crippen LogP) is 2.22. The molecule has 0 aliphatic carbocycles. The molecule has 3 N–H and O–H groups in total. The van der Waals surface area contributed by atoms with E-state index in [1.165, 1.54) is 0 Å². The molecular weight excluding hydrogens is 282 g/mol. The lowest BCUT2D eigenvalue weighted by Crippen LogP contribution is -2.45. The van der Waals surface area contributed by atoms with Gasteiger partial charge in [-0.3, -0.25) is 5.10 Å². The van der Waals surface area contributed by atoms with Crippen molar-refractivity contribution in [3.63, 3.8) is 0 Å². The van der Waals surface area contributed by atoms with Gasteiger partial charge in [-0.1, -0.05) is 0 Å². The van der Waals surface area contributed by atoms with Gasteiger partial charge in [-0.05, 0) is 33.8 Å². The van der Waals surface area contributed by atoms with Crippen LogP contribution in [-0.4, -0.2) is 40.9 Å². The van der Waals surface area contributed by atoms with Crippen LogP contribution in [0.5, 0.6) is 0 Å². The van der Waals surface area contributed by atoms with Gasteiger partial charge in [-0.15, -0.1) is 0 Å². The summed E-state index contributed by atoms with van der Waals surface area (Å²) in [7, 11) is 0. The van der Waals surface area contributed by atoms with Crippen LogP contribution >= 0.6 is 0 Å². The van der Waals surface area contributed by atoms with Crippen molar-refractivity contribution in [2.75, 3.05) is 13.1 Å². The molecule has 120 valence electrons. The second kappa shape index (κ2) is 6.84. The monoisotopic (exact) mass is 304 g/mol. The first-order valence-corrected chi connectivity index (χ1v) is 6.66. The number of halogens is 2. The highest BCUT2D eigenvalue weighted by Crippen LogP contribution is 2.15. The highest BCUT2D eigenvalue weighted by atomic mass is 19.3. The van der Waals surface area contributed by atoms with Crippen molar-refractivity contribution in [3.05, 3.63) is 18.0 Å². The lowest BCUT2D eigenvalue weighted by atomic mass is 10.2. The van der Waals surface area contributed by atoms with Crippen LogP contribution in [0.25, 0.3) is 0 Å². The van der Waals surface area contributed by atoms with Gasteiger partial charge in [0.2, 0.25) is 0 Å². The topological polar surface area (TPSA) is 79.0 Å². The zero-order chi connectivity index (χ0) is 16.1. The normalized spacial score (nSPS) is 13.8. The number of ether oxygens (including phenoxy) is 1. The molecule has 0 saturated carbocycles. The minimum atomic E-state index is -3.08. The maximum atomic E-state index is 13.7. The first kappa shape index (κ1) is 17.4. The second-order valence-electron chi connectivity index (χ2n) is 5.83. The molecule has 1 atom stereocenters. The van der Waals surface area contributed by atoms with E-state index < -0.39 is 30.7 Å². The summed E-state index contributed by atoms with van der Waals surface area (Å²) in [6.45, 7) is 5.38. The van der Waals surface area contributed by atoms with Crippen LogP contribution in [0.4, 0.5) is 13.6 Å². The summed E-state index contributed by atoms with van der Waals surface area (Å²) in [6, 6.07) is 1.41. The van der Waals surface area contributed by atoms with E-state index in [2.05, 4.69) is 20.8 Å². The Morgan fingerprint density at radius 2 is 2.10 bits per heavy atom. The zero-order valence-electron chi connectivity index (χ0n) is 12.7. The number of aromatic amines is 1. The molecule has 1 amide bonds. The molecule has 0 aliphatic rings. The third kappa shape index (κ3) is 7.03. The molecule has 1 aromatic heterocycles. The average Bonchev–Trinajstić information content (AvgIpc) is 2.85. The summed E-state index contributed by atoms with van der Waals surface area (Å²) in [5, 5.41) is 11.2. The minimum Gasteiger partial charge on any atom is -0.444 e. The molecule has 1 aromatic rings. The van der Waals surface area contributed by atoms with E-state index in [9.17, 15) is 13.6 Å². The van der Waals surface area contributed by atoms with Crippen LogP contribution < -0.4 is 10.6 Å². The number of carbonyl (C=O) groups is 1. The smallest absolute Gasteiger partial charge is 0.407 e. The van der Waals surface area contributed by atoms with E-state index in [1.54, 1.807) is 40.0 Å². The van der Waals surface area contributed by atoms with E-state index in [1.807, 2.05) is 0 Å². The number of aromatic nitrogens is 2. The summed E-state index contributed by atoms with van der Waals surface area (Å²) < 4.78 is 32.2. The van der Waals surface area contributed by atoms with Crippen molar-refractivity contribution >= 4 is 6.09 Å². The standard InChI is InChI=1S/C13H22F2N4O2/c1-9(10-5-6-18-19-10)16-7-13(14,15)8-17-11(20)21-12(2,3)4/h5-6,9,16H,7-8H2,1-4H3,(H,17,20)(H,18,19). The number of hydrogen-bond acceptors (Lipinski definition) is 4. The van der Waals surface area contributed by atoms with E-state index >= 15 is 0 Å². The molecule has 0 fully saturated rings. The lowest BCUT2D eigenvalue weighted by molar-refractivity contribution is -0.00533. The molecule has 1 rings (SSSR count). The molecule has 0 saturated heterocycles. The summed E-state index contributed by atoms with van der Waals surface area (Å²) in [5.74, 6) is -3.08. The summed E-state index contributed by atoms with van der Waals surface area (Å²) >= 11 is 0. The highest BCUT2D eigenvalue weighted by Gasteiger charge is 2.31. The molecule has 0 spiro atoms. The SMILES string of the molecule is CC(NCC(F)(F)CNC(=O)OC(C)(C)C)c1ccn[nH]1. The van der Waals surface area contributed by atoms with Crippen LogP contribution in [0, 0.1) is 0 Å². The van der Waals surface area contributed by atoms with E-state index in [-0.39, 0.29) is 6.04 Å². The molecule has 6 nitrogen and oxygen atoms in total.